The molecule has 0 bridgehead atoms. The number of hydrogen-bond acceptors (Lipinski definition) is 5. The first kappa shape index (κ1) is 15.6. The first-order chi connectivity index (χ1) is 11.7. The number of anilines is 1. The largest absolute Gasteiger partial charge is 0.355 e. The molecule has 1 amide bonds. The zero-order valence-electron chi connectivity index (χ0n) is 13.8. The van der Waals surface area contributed by atoms with Crippen molar-refractivity contribution < 1.29 is 4.79 Å². The molecule has 0 spiro atoms. The molecule has 0 radical (unpaired) electrons. The summed E-state index contributed by atoms with van der Waals surface area (Å²) < 4.78 is 0. The van der Waals surface area contributed by atoms with Crippen molar-refractivity contribution in [2.45, 2.75) is 25.3 Å². The molecule has 6 heteroatoms. The lowest BCUT2D eigenvalue weighted by atomic mass is 9.97. The summed E-state index contributed by atoms with van der Waals surface area (Å²) in [7, 11) is 2.10. The average Bonchev–Trinajstić information content (AvgIpc) is 3.31. The maximum atomic E-state index is 12.6. The number of aromatic nitrogens is 2. The number of carbonyl (C=O) groups is 1. The van der Waals surface area contributed by atoms with E-state index in [4.69, 9.17) is 0 Å². The van der Waals surface area contributed by atoms with Crippen molar-refractivity contribution in [2.24, 2.45) is 11.8 Å². The second-order valence-corrected chi connectivity index (χ2v) is 7.63. The number of likely N-dealkylation sites (tertiary alicyclic amines) is 1. The molecule has 1 saturated heterocycles. The van der Waals surface area contributed by atoms with Crippen LogP contribution in [0.25, 0.3) is 0 Å². The van der Waals surface area contributed by atoms with Crippen LogP contribution in [0.3, 0.4) is 0 Å². The van der Waals surface area contributed by atoms with Crippen LogP contribution in [0, 0.1) is 11.8 Å². The third-order valence-corrected chi connectivity index (χ3v) is 6.25. The Kier molecular flexibility index (Phi) is 4.22. The van der Waals surface area contributed by atoms with Gasteiger partial charge in [0.1, 0.15) is 5.82 Å². The summed E-state index contributed by atoms with van der Waals surface area (Å²) >= 11 is 1.65. The van der Waals surface area contributed by atoms with Crippen LogP contribution in [0.2, 0.25) is 0 Å². The van der Waals surface area contributed by atoms with Crippen LogP contribution in [0.1, 0.15) is 18.4 Å². The molecule has 5 nitrogen and oxygen atoms in total. The monoisotopic (exact) mass is 342 g/mol. The van der Waals surface area contributed by atoms with E-state index in [1.165, 1.54) is 12.8 Å². The molecule has 0 unspecified atom stereocenters. The first-order valence-corrected chi connectivity index (χ1v) is 9.44. The Morgan fingerprint density at radius 3 is 3.04 bits per heavy atom. The van der Waals surface area contributed by atoms with Crippen LogP contribution in [0.4, 0.5) is 5.82 Å². The lowest BCUT2D eigenvalue weighted by Gasteiger charge is -2.30. The molecule has 3 atom stereocenters. The van der Waals surface area contributed by atoms with E-state index in [1.807, 2.05) is 17.6 Å². The number of rotatable bonds is 4. The number of fused-ring (bicyclic) bond motifs is 1. The van der Waals surface area contributed by atoms with Gasteiger partial charge in [-0.25, -0.2) is 4.98 Å². The molecule has 24 heavy (non-hydrogen) atoms. The van der Waals surface area contributed by atoms with E-state index in [-0.39, 0.29) is 5.91 Å². The quantitative estimate of drug-likeness (QED) is 0.856. The summed E-state index contributed by atoms with van der Waals surface area (Å²) in [5, 5.41) is 4.10. The van der Waals surface area contributed by atoms with Gasteiger partial charge in [-0.3, -0.25) is 9.78 Å². The molecule has 1 aliphatic carbocycles. The average molecular weight is 342 g/mol. The van der Waals surface area contributed by atoms with E-state index < -0.39 is 0 Å². The van der Waals surface area contributed by atoms with Crippen LogP contribution in [-0.2, 0) is 11.2 Å². The van der Waals surface area contributed by atoms with Crippen LogP contribution in [0.5, 0.6) is 0 Å². The van der Waals surface area contributed by atoms with Gasteiger partial charge < -0.3 is 9.80 Å². The zero-order chi connectivity index (χ0) is 16.5. The minimum Gasteiger partial charge on any atom is -0.355 e. The molecule has 126 valence electrons. The van der Waals surface area contributed by atoms with Crippen molar-refractivity contribution in [3.05, 3.63) is 41.0 Å². The lowest BCUT2D eigenvalue weighted by Crippen LogP contribution is -2.39. The SMILES string of the molecule is CN(c1cnccn1)[C@H]1CC[C@@H]2CN(C(=O)Cc3ccsc3)C[C@@H]21. The fraction of sp³-hybridized carbons (Fsp3) is 0.500. The molecule has 1 aliphatic heterocycles. The fourth-order valence-electron chi connectivity index (χ4n) is 4.24. The van der Waals surface area contributed by atoms with Gasteiger partial charge in [0, 0.05) is 44.5 Å². The van der Waals surface area contributed by atoms with Gasteiger partial charge >= 0.3 is 0 Å². The summed E-state index contributed by atoms with van der Waals surface area (Å²) in [5.74, 6) is 2.36. The van der Waals surface area contributed by atoms with Gasteiger partial charge in [0.2, 0.25) is 5.91 Å². The second-order valence-electron chi connectivity index (χ2n) is 6.85. The highest BCUT2D eigenvalue weighted by molar-refractivity contribution is 7.08. The second kappa shape index (κ2) is 6.51. The summed E-state index contributed by atoms with van der Waals surface area (Å²) in [6, 6.07) is 2.50. The third kappa shape index (κ3) is 2.90. The maximum Gasteiger partial charge on any atom is 0.227 e. The predicted molar refractivity (Wildman–Crippen MR) is 95.0 cm³/mol. The molecule has 0 aromatic carbocycles. The van der Waals surface area contributed by atoms with Gasteiger partial charge in [-0.2, -0.15) is 11.3 Å². The summed E-state index contributed by atoms with van der Waals surface area (Å²) in [6.07, 6.45) is 8.17. The highest BCUT2D eigenvalue weighted by Gasteiger charge is 2.45. The van der Waals surface area contributed by atoms with Crippen molar-refractivity contribution in [3.63, 3.8) is 0 Å². The predicted octanol–water partition coefficient (Wildman–Crippen LogP) is 2.45. The van der Waals surface area contributed by atoms with Gasteiger partial charge in [-0.05, 0) is 41.1 Å². The van der Waals surface area contributed by atoms with Gasteiger partial charge in [0.05, 0.1) is 12.6 Å². The van der Waals surface area contributed by atoms with E-state index in [1.54, 1.807) is 23.7 Å². The van der Waals surface area contributed by atoms with E-state index in [2.05, 4.69) is 32.2 Å². The number of nitrogens with zero attached hydrogens (tertiary/aromatic N) is 4. The number of amides is 1. The van der Waals surface area contributed by atoms with Crippen LogP contribution >= 0.6 is 11.3 Å². The highest BCUT2D eigenvalue weighted by atomic mass is 32.1. The van der Waals surface area contributed by atoms with Crippen molar-refractivity contribution in [2.75, 3.05) is 25.0 Å². The molecule has 0 N–H and O–H groups in total. The Morgan fingerprint density at radius 1 is 1.38 bits per heavy atom. The van der Waals surface area contributed by atoms with E-state index in [0.717, 1.165) is 24.5 Å². The lowest BCUT2D eigenvalue weighted by molar-refractivity contribution is -0.129. The van der Waals surface area contributed by atoms with Crippen LogP contribution in [0.15, 0.2) is 35.4 Å². The van der Waals surface area contributed by atoms with Gasteiger partial charge in [0.15, 0.2) is 0 Å². The standard InChI is InChI=1S/C18H22N4OS/c1-21(17-9-19-5-6-20-17)16-3-2-14-10-22(11-15(14)16)18(23)8-13-4-7-24-12-13/h4-7,9,12,14-16H,2-3,8,10-11H2,1H3/t14-,15+,16+/m1/s1. The summed E-state index contributed by atoms with van der Waals surface area (Å²) in [4.78, 5) is 25.5. The molecule has 1 saturated carbocycles. The van der Waals surface area contributed by atoms with Gasteiger partial charge in [-0.15, -0.1) is 0 Å². The molecule has 4 rings (SSSR count). The third-order valence-electron chi connectivity index (χ3n) is 5.52. The van der Waals surface area contributed by atoms with Crippen molar-refractivity contribution >= 4 is 23.1 Å². The molecule has 2 aliphatic rings. The maximum absolute atomic E-state index is 12.6. The molecule has 3 heterocycles. The molecule has 2 aromatic rings. The van der Waals surface area contributed by atoms with Crippen molar-refractivity contribution in [1.29, 1.82) is 0 Å². The Hall–Kier alpha value is -1.95. The molecular weight excluding hydrogens is 320 g/mol. The fourth-order valence-corrected chi connectivity index (χ4v) is 4.91. The minimum atomic E-state index is 0.267. The number of carbonyl (C=O) groups excluding carboxylic acids is 1. The van der Waals surface area contributed by atoms with Crippen molar-refractivity contribution in [1.82, 2.24) is 14.9 Å². The first-order valence-electron chi connectivity index (χ1n) is 8.50. The van der Waals surface area contributed by atoms with Crippen LogP contribution < -0.4 is 4.90 Å². The molecular formula is C18H22N4OS. The van der Waals surface area contributed by atoms with Gasteiger partial charge in [-0.1, -0.05) is 0 Å². The van der Waals surface area contributed by atoms with E-state index >= 15 is 0 Å². The van der Waals surface area contributed by atoms with Crippen LogP contribution in [-0.4, -0.2) is 47.0 Å². The Labute approximate surface area is 146 Å². The van der Waals surface area contributed by atoms with Gasteiger partial charge in [0.25, 0.3) is 0 Å². The summed E-state index contributed by atoms with van der Waals surface area (Å²) in [6.45, 7) is 1.79. The number of thiophene rings is 1. The van der Waals surface area contributed by atoms with E-state index in [0.29, 0.717) is 24.3 Å². The van der Waals surface area contributed by atoms with E-state index in [9.17, 15) is 4.79 Å². The topological polar surface area (TPSA) is 49.3 Å². The van der Waals surface area contributed by atoms with Crippen molar-refractivity contribution in [3.8, 4) is 0 Å². The highest BCUT2D eigenvalue weighted by Crippen LogP contribution is 2.41. The smallest absolute Gasteiger partial charge is 0.227 e. The minimum absolute atomic E-state index is 0.267. The molecule has 2 fully saturated rings. The number of hydrogen-bond donors (Lipinski definition) is 0. The Balaban J connectivity index is 1.42. The summed E-state index contributed by atoms with van der Waals surface area (Å²) in [5.41, 5.74) is 1.13. The molecule has 2 aromatic heterocycles. The normalized spacial score (nSPS) is 25.7. The zero-order valence-corrected chi connectivity index (χ0v) is 14.7. The Bertz CT molecular complexity index is 690. The Morgan fingerprint density at radius 2 is 2.29 bits per heavy atom.